The highest BCUT2D eigenvalue weighted by atomic mass is 19.1. The van der Waals surface area contributed by atoms with Crippen LogP contribution >= 0.6 is 0 Å². The highest BCUT2D eigenvalue weighted by Crippen LogP contribution is 2.29. The van der Waals surface area contributed by atoms with Crippen LogP contribution in [0.4, 0.5) is 14.9 Å². The molecule has 2 amide bonds. The molecule has 0 radical (unpaired) electrons. The van der Waals surface area contributed by atoms with Crippen LogP contribution in [0.1, 0.15) is 38.5 Å². The average Bonchev–Trinajstić information content (AvgIpc) is 3.23. The van der Waals surface area contributed by atoms with Crippen molar-refractivity contribution in [3.63, 3.8) is 0 Å². The minimum Gasteiger partial charge on any atom is -0.487 e. The average molecular weight is 347 g/mol. The fourth-order valence-electron chi connectivity index (χ4n) is 3.88. The quantitative estimate of drug-likeness (QED) is 0.907. The van der Waals surface area contributed by atoms with Crippen LogP contribution in [-0.4, -0.2) is 54.2 Å². The third-order valence-corrected chi connectivity index (χ3v) is 5.64. The Hall–Kier alpha value is -1.82. The predicted molar refractivity (Wildman–Crippen MR) is 94.5 cm³/mol. The van der Waals surface area contributed by atoms with Crippen LogP contribution in [0, 0.1) is 5.82 Å². The number of benzene rings is 1. The first-order chi connectivity index (χ1) is 12.2. The molecule has 0 aromatic heterocycles. The van der Waals surface area contributed by atoms with Crippen LogP contribution in [0.3, 0.4) is 0 Å². The molecule has 1 unspecified atom stereocenters. The number of urea groups is 1. The van der Waals surface area contributed by atoms with Gasteiger partial charge in [0, 0.05) is 30.9 Å². The Morgan fingerprint density at radius 2 is 1.92 bits per heavy atom. The second kappa shape index (κ2) is 7.20. The van der Waals surface area contributed by atoms with Gasteiger partial charge in [-0.1, -0.05) is 0 Å². The van der Waals surface area contributed by atoms with Crippen LogP contribution in [-0.2, 0) is 0 Å². The van der Waals surface area contributed by atoms with Gasteiger partial charge in [-0.15, -0.1) is 0 Å². The summed E-state index contributed by atoms with van der Waals surface area (Å²) in [6.45, 7) is 3.82. The normalized spacial score (nSPS) is 24.4. The number of carbonyl (C=O) groups excluding carboxylic acids is 1. The van der Waals surface area contributed by atoms with Crippen molar-refractivity contribution in [2.45, 2.75) is 50.7 Å². The van der Waals surface area contributed by atoms with Crippen molar-refractivity contribution in [2.75, 3.05) is 31.5 Å². The van der Waals surface area contributed by atoms with Gasteiger partial charge < -0.3 is 15.0 Å². The summed E-state index contributed by atoms with van der Waals surface area (Å²) < 4.78 is 19.8. The number of likely N-dealkylation sites (tertiary alicyclic amines) is 2. The summed E-state index contributed by atoms with van der Waals surface area (Å²) in [5.41, 5.74) is 0.480. The van der Waals surface area contributed by atoms with Crippen LogP contribution in [0.15, 0.2) is 18.2 Å². The van der Waals surface area contributed by atoms with E-state index in [2.05, 4.69) is 10.2 Å². The summed E-state index contributed by atoms with van der Waals surface area (Å²) in [6.07, 6.45) is 6.82. The summed E-state index contributed by atoms with van der Waals surface area (Å²) in [7, 11) is 0. The number of hydrogen-bond acceptors (Lipinski definition) is 3. The summed E-state index contributed by atoms with van der Waals surface area (Å²) in [4.78, 5) is 16.8. The first kappa shape index (κ1) is 16.6. The van der Waals surface area contributed by atoms with Gasteiger partial charge in [0.1, 0.15) is 0 Å². The van der Waals surface area contributed by atoms with E-state index in [-0.39, 0.29) is 17.9 Å². The maximum absolute atomic E-state index is 14.2. The summed E-state index contributed by atoms with van der Waals surface area (Å²) in [5.74, 6) is -0.140. The zero-order valence-corrected chi connectivity index (χ0v) is 14.5. The minimum absolute atomic E-state index is 0.141. The Balaban J connectivity index is 1.32. The molecule has 0 bridgehead atoms. The number of anilines is 1. The molecule has 2 aliphatic heterocycles. The smallest absolute Gasteiger partial charge is 0.321 e. The van der Waals surface area contributed by atoms with Gasteiger partial charge in [0.05, 0.1) is 6.10 Å². The van der Waals surface area contributed by atoms with E-state index in [1.54, 1.807) is 12.1 Å². The lowest BCUT2D eigenvalue weighted by Crippen LogP contribution is -2.38. The molecule has 1 aliphatic carbocycles. The minimum atomic E-state index is -0.416. The molecular weight excluding hydrogens is 321 g/mol. The van der Waals surface area contributed by atoms with E-state index in [1.165, 1.54) is 18.9 Å². The summed E-state index contributed by atoms with van der Waals surface area (Å²) >= 11 is 0. The Morgan fingerprint density at radius 3 is 2.60 bits per heavy atom. The van der Waals surface area contributed by atoms with Crippen molar-refractivity contribution in [3.05, 3.63) is 24.0 Å². The van der Waals surface area contributed by atoms with Crippen molar-refractivity contribution in [1.29, 1.82) is 0 Å². The number of ether oxygens (including phenoxy) is 1. The molecule has 2 saturated heterocycles. The predicted octanol–water partition coefficient (Wildman–Crippen LogP) is 3.46. The number of carbonyl (C=O) groups is 1. The van der Waals surface area contributed by atoms with E-state index >= 15 is 0 Å². The lowest BCUT2D eigenvalue weighted by molar-refractivity contribution is 0.115. The third kappa shape index (κ3) is 3.73. The van der Waals surface area contributed by atoms with Crippen LogP contribution < -0.4 is 10.1 Å². The van der Waals surface area contributed by atoms with Gasteiger partial charge in [0.2, 0.25) is 0 Å². The molecule has 2 heterocycles. The molecule has 1 aromatic rings. The maximum atomic E-state index is 14.2. The maximum Gasteiger partial charge on any atom is 0.321 e. The lowest BCUT2D eigenvalue weighted by atomic mass is 9.96. The number of nitrogens with one attached hydrogen (secondary N) is 1. The Morgan fingerprint density at radius 1 is 1.12 bits per heavy atom. The number of rotatable bonds is 4. The molecule has 3 aliphatic rings. The topological polar surface area (TPSA) is 44.8 Å². The van der Waals surface area contributed by atoms with E-state index in [0.717, 1.165) is 51.9 Å². The fraction of sp³-hybridized carbons (Fsp3) is 0.632. The molecule has 25 heavy (non-hydrogen) atoms. The number of halogens is 1. The van der Waals surface area contributed by atoms with Crippen molar-refractivity contribution in [1.82, 2.24) is 9.80 Å². The fourth-order valence-corrected chi connectivity index (χ4v) is 3.88. The zero-order valence-electron chi connectivity index (χ0n) is 14.5. The summed E-state index contributed by atoms with van der Waals surface area (Å²) in [6, 6.07) is 5.00. The molecule has 1 N–H and O–H groups in total. The number of hydrogen-bond donors (Lipinski definition) is 1. The lowest BCUT2D eigenvalue weighted by Gasteiger charge is -2.26. The molecule has 1 atom stereocenters. The van der Waals surface area contributed by atoms with E-state index in [0.29, 0.717) is 11.7 Å². The van der Waals surface area contributed by atoms with Crippen LogP contribution in [0.5, 0.6) is 5.75 Å². The summed E-state index contributed by atoms with van der Waals surface area (Å²) in [5, 5.41) is 2.82. The Kier molecular flexibility index (Phi) is 4.79. The molecular formula is C19H26FN3O2. The van der Waals surface area contributed by atoms with E-state index in [4.69, 9.17) is 4.74 Å². The van der Waals surface area contributed by atoms with E-state index in [9.17, 15) is 9.18 Å². The Bertz CT molecular complexity index is 629. The molecule has 3 fully saturated rings. The van der Waals surface area contributed by atoms with Gasteiger partial charge >= 0.3 is 6.03 Å². The van der Waals surface area contributed by atoms with Crippen molar-refractivity contribution in [3.8, 4) is 5.75 Å². The number of nitrogens with zero attached hydrogens (tertiary/aromatic N) is 2. The first-order valence-electron chi connectivity index (χ1n) is 9.45. The molecule has 136 valence electrons. The van der Waals surface area contributed by atoms with Crippen LogP contribution in [0.2, 0.25) is 0 Å². The second-order valence-corrected chi connectivity index (χ2v) is 7.38. The van der Waals surface area contributed by atoms with Crippen LogP contribution in [0.25, 0.3) is 0 Å². The van der Waals surface area contributed by atoms with E-state index in [1.807, 2.05) is 4.90 Å². The SMILES string of the molecule is O=C(Nc1ccc(OC2CCC2)c(F)c1)N1CCC(N2CCCC2)C1. The van der Waals surface area contributed by atoms with Crippen molar-refractivity contribution in [2.24, 2.45) is 0 Å². The second-order valence-electron chi connectivity index (χ2n) is 7.38. The zero-order chi connectivity index (χ0) is 17.2. The highest BCUT2D eigenvalue weighted by molar-refractivity contribution is 5.89. The van der Waals surface area contributed by atoms with Gasteiger partial charge in [-0.05, 0) is 63.7 Å². The van der Waals surface area contributed by atoms with Gasteiger partial charge in [0.15, 0.2) is 11.6 Å². The van der Waals surface area contributed by atoms with Crippen molar-refractivity contribution < 1.29 is 13.9 Å². The van der Waals surface area contributed by atoms with Gasteiger partial charge in [-0.3, -0.25) is 4.90 Å². The molecule has 1 aromatic carbocycles. The van der Waals surface area contributed by atoms with E-state index < -0.39 is 5.82 Å². The Labute approximate surface area is 148 Å². The van der Waals surface area contributed by atoms with Gasteiger partial charge in [-0.25, -0.2) is 9.18 Å². The molecule has 6 heteroatoms. The monoisotopic (exact) mass is 347 g/mol. The van der Waals surface area contributed by atoms with Gasteiger partial charge in [-0.2, -0.15) is 0 Å². The molecule has 0 spiro atoms. The standard InChI is InChI=1S/C19H26FN3O2/c20-17-12-14(6-7-18(17)25-16-4-3-5-16)21-19(24)23-11-8-15(13-23)22-9-1-2-10-22/h6-7,12,15-16H,1-5,8-11,13H2,(H,21,24). The molecule has 5 nitrogen and oxygen atoms in total. The first-order valence-corrected chi connectivity index (χ1v) is 9.45. The molecule has 4 rings (SSSR count). The molecule has 1 saturated carbocycles. The van der Waals surface area contributed by atoms with Gasteiger partial charge in [0.25, 0.3) is 0 Å². The highest BCUT2D eigenvalue weighted by Gasteiger charge is 2.31. The van der Waals surface area contributed by atoms with Crippen molar-refractivity contribution >= 4 is 11.7 Å². The largest absolute Gasteiger partial charge is 0.487 e. The number of amides is 2. The third-order valence-electron chi connectivity index (χ3n) is 5.64.